The molecule has 0 spiro atoms. The monoisotopic (exact) mass is 255 g/mol. The van der Waals surface area contributed by atoms with Gasteiger partial charge in [0.1, 0.15) is 0 Å². The van der Waals surface area contributed by atoms with Crippen molar-refractivity contribution in [3.05, 3.63) is 23.8 Å². The first-order valence-electron chi connectivity index (χ1n) is 5.95. The second-order valence-electron chi connectivity index (χ2n) is 4.70. The molecule has 0 amide bonds. The SMILES string of the molecule is CCCC(C)CS(=O)(=O)c1cc(N)ccc1C. The highest BCUT2D eigenvalue weighted by atomic mass is 32.2. The topological polar surface area (TPSA) is 60.2 Å². The molecule has 0 aliphatic heterocycles. The Morgan fingerprint density at radius 1 is 1.35 bits per heavy atom. The van der Waals surface area contributed by atoms with E-state index in [0.29, 0.717) is 10.6 Å². The lowest BCUT2D eigenvalue weighted by Gasteiger charge is -2.13. The number of sulfone groups is 1. The molecule has 1 rings (SSSR count). The molecule has 1 unspecified atom stereocenters. The van der Waals surface area contributed by atoms with Gasteiger partial charge in [-0.05, 0) is 37.0 Å². The van der Waals surface area contributed by atoms with Crippen molar-refractivity contribution < 1.29 is 8.42 Å². The van der Waals surface area contributed by atoms with Crippen molar-refractivity contribution >= 4 is 15.5 Å². The summed E-state index contributed by atoms with van der Waals surface area (Å²) in [4.78, 5) is 0.375. The van der Waals surface area contributed by atoms with E-state index in [2.05, 4.69) is 6.92 Å². The maximum absolute atomic E-state index is 12.2. The summed E-state index contributed by atoms with van der Waals surface area (Å²) in [5.41, 5.74) is 6.91. The number of hydrogen-bond donors (Lipinski definition) is 1. The third-order valence-corrected chi connectivity index (χ3v) is 4.95. The van der Waals surface area contributed by atoms with Crippen molar-refractivity contribution in [2.24, 2.45) is 5.92 Å². The van der Waals surface area contributed by atoms with Crippen LogP contribution in [-0.2, 0) is 9.84 Å². The number of nitrogens with two attached hydrogens (primary N) is 1. The molecule has 0 aliphatic carbocycles. The van der Waals surface area contributed by atoms with Crippen LogP contribution in [0.2, 0.25) is 0 Å². The van der Waals surface area contributed by atoms with E-state index in [1.54, 1.807) is 25.1 Å². The first kappa shape index (κ1) is 14.0. The van der Waals surface area contributed by atoms with Crippen molar-refractivity contribution in [3.8, 4) is 0 Å². The van der Waals surface area contributed by atoms with Crippen molar-refractivity contribution in [2.75, 3.05) is 11.5 Å². The third-order valence-electron chi connectivity index (χ3n) is 2.83. The molecule has 1 aromatic rings. The van der Waals surface area contributed by atoms with Crippen LogP contribution in [0.15, 0.2) is 23.1 Å². The van der Waals surface area contributed by atoms with Crippen molar-refractivity contribution in [2.45, 2.75) is 38.5 Å². The van der Waals surface area contributed by atoms with E-state index in [9.17, 15) is 8.42 Å². The van der Waals surface area contributed by atoms with Gasteiger partial charge in [-0.15, -0.1) is 0 Å². The number of anilines is 1. The lowest BCUT2D eigenvalue weighted by Crippen LogP contribution is -2.15. The fraction of sp³-hybridized carbons (Fsp3) is 0.538. The van der Waals surface area contributed by atoms with Gasteiger partial charge in [-0.3, -0.25) is 0 Å². The minimum atomic E-state index is -3.21. The summed E-state index contributed by atoms with van der Waals surface area (Å²) >= 11 is 0. The van der Waals surface area contributed by atoms with Gasteiger partial charge in [0.2, 0.25) is 0 Å². The molecule has 0 heterocycles. The summed E-state index contributed by atoms with van der Waals surface area (Å²) in [6, 6.07) is 5.04. The Hall–Kier alpha value is -1.03. The molecule has 3 nitrogen and oxygen atoms in total. The van der Waals surface area contributed by atoms with Crippen LogP contribution >= 0.6 is 0 Å². The van der Waals surface area contributed by atoms with Crippen LogP contribution in [0.25, 0.3) is 0 Å². The van der Waals surface area contributed by atoms with Crippen LogP contribution in [-0.4, -0.2) is 14.2 Å². The number of benzene rings is 1. The minimum Gasteiger partial charge on any atom is -0.399 e. The Kier molecular flexibility index (Phi) is 4.57. The van der Waals surface area contributed by atoms with Gasteiger partial charge in [0, 0.05) is 5.69 Å². The largest absolute Gasteiger partial charge is 0.399 e. The highest BCUT2D eigenvalue weighted by molar-refractivity contribution is 7.91. The molecule has 1 atom stereocenters. The lowest BCUT2D eigenvalue weighted by molar-refractivity contribution is 0.545. The standard InChI is InChI=1S/C13H21NO2S/c1-4-5-10(2)9-17(15,16)13-8-12(14)7-6-11(13)3/h6-8,10H,4-5,9,14H2,1-3H3. The van der Waals surface area contributed by atoms with Gasteiger partial charge >= 0.3 is 0 Å². The quantitative estimate of drug-likeness (QED) is 0.823. The third kappa shape index (κ3) is 3.73. The van der Waals surface area contributed by atoms with Gasteiger partial charge in [0.15, 0.2) is 9.84 Å². The Balaban J connectivity index is 3.01. The highest BCUT2D eigenvalue weighted by Gasteiger charge is 2.20. The van der Waals surface area contributed by atoms with Gasteiger partial charge in [0.25, 0.3) is 0 Å². The number of rotatable bonds is 5. The number of nitrogen functional groups attached to an aromatic ring is 1. The average Bonchev–Trinajstić information content (AvgIpc) is 2.21. The van der Waals surface area contributed by atoms with E-state index < -0.39 is 9.84 Å². The molecule has 17 heavy (non-hydrogen) atoms. The van der Waals surface area contributed by atoms with E-state index in [4.69, 9.17) is 5.73 Å². The van der Waals surface area contributed by atoms with Gasteiger partial charge in [-0.2, -0.15) is 0 Å². The van der Waals surface area contributed by atoms with Crippen LogP contribution in [0.4, 0.5) is 5.69 Å². The summed E-state index contributed by atoms with van der Waals surface area (Å²) in [7, 11) is -3.21. The van der Waals surface area contributed by atoms with Gasteiger partial charge < -0.3 is 5.73 Å². The number of aryl methyl sites for hydroxylation is 1. The van der Waals surface area contributed by atoms with Crippen molar-refractivity contribution in [1.29, 1.82) is 0 Å². The molecule has 96 valence electrons. The zero-order valence-electron chi connectivity index (χ0n) is 10.7. The van der Waals surface area contributed by atoms with E-state index in [1.807, 2.05) is 6.92 Å². The Morgan fingerprint density at radius 3 is 2.59 bits per heavy atom. The summed E-state index contributed by atoms with van der Waals surface area (Å²) in [5.74, 6) is 0.385. The maximum atomic E-state index is 12.2. The molecule has 0 radical (unpaired) electrons. The van der Waals surface area contributed by atoms with Gasteiger partial charge in [-0.1, -0.05) is 26.3 Å². The molecule has 2 N–H and O–H groups in total. The first-order valence-corrected chi connectivity index (χ1v) is 7.61. The van der Waals surface area contributed by atoms with Crippen LogP contribution in [0, 0.1) is 12.8 Å². The summed E-state index contributed by atoms with van der Waals surface area (Å²) in [6.45, 7) is 5.84. The molecule has 0 saturated heterocycles. The van der Waals surface area contributed by atoms with Crippen molar-refractivity contribution in [1.82, 2.24) is 0 Å². The van der Waals surface area contributed by atoms with Gasteiger partial charge in [-0.25, -0.2) is 8.42 Å². The molecule has 4 heteroatoms. The van der Waals surface area contributed by atoms with E-state index in [0.717, 1.165) is 18.4 Å². The Morgan fingerprint density at radius 2 is 2.00 bits per heavy atom. The fourth-order valence-electron chi connectivity index (χ4n) is 1.99. The predicted molar refractivity (Wildman–Crippen MR) is 71.7 cm³/mol. The van der Waals surface area contributed by atoms with Crippen LogP contribution in [0.3, 0.4) is 0 Å². The normalized spacial score (nSPS) is 13.6. The van der Waals surface area contributed by atoms with E-state index in [-0.39, 0.29) is 11.7 Å². The molecule has 0 bridgehead atoms. The number of hydrogen-bond acceptors (Lipinski definition) is 3. The summed E-state index contributed by atoms with van der Waals surface area (Å²) in [6.07, 6.45) is 1.94. The zero-order chi connectivity index (χ0) is 13.1. The molecular formula is C13H21NO2S. The molecule has 0 aromatic heterocycles. The van der Waals surface area contributed by atoms with E-state index >= 15 is 0 Å². The smallest absolute Gasteiger partial charge is 0.178 e. The molecular weight excluding hydrogens is 234 g/mol. The zero-order valence-corrected chi connectivity index (χ0v) is 11.5. The van der Waals surface area contributed by atoms with Crippen LogP contribution in [0.5, 0.6) is 0 Å². The summed E-state index contributed by atoms with van der Waals surface area (Å²) < 4.78 is 24.5. The second-order valence-corrected chi connectivity index (χ2v) is 6.70. The molecule has 0 fully saturated rings. The average molecular weight is 255 g/mol. The Bertz CT molecular complexity index is 480. The maximum Gasteiger partial charge on any atom is 0.178 e. The van der Waals surface area contributed by atoms with Crippen LogP contribution < -0.4 is 5.73 Å². The first-order chi connectivity index (χ1) is 7.86. The minimum absolute atomic E-state index is 0.186. The molecule has 1 aromatic carbocycles. The highest BCUT2D eigenvalue weighted by Crippen LogP contribution is 2.22. The summed E-state index contributed by atoms with van der Waals surface area (Å²) in [5, 5.41) is 0. The molecule has 0 aliphatic rings. The predicted octanol–water partition coefficient (Wildman–Crippen LogP) is 2.79. The van der Waals surface area contributed by atoms with Crippen molar-refractivity contribution in [3.63, 3.8) is 0 Å². The Labute approximate surface area is 104 Å². The second kappa shape index (κ2) is 5.54. The fourth-order valence-corrected chi connectivity index (χ4v) is 3.96. The lowest BCUT2D eigenvalue weighted by atomic mass is 10.1. The van der Waals surface area contributed by atoms with E-state index in [1.165, 1.54) is 0 Å². The molecule has 0 saturated carbocycles. The van der Waals surface area contributed by atoms with Crippen LogP contribution in [0.1, 0.15) is 32.3 Å². The van der Waals surface area contributed by atoms with Gasteiger partial charge in [0.05, 0.1) is 10.6 Å².